The van der Waals surface area contributed by atoms with E-state index in [1.165, 1.54) is 5.56 Å². The van der Waals surface area contributed by atoms with Crippen LogP contribution in [0.25, 0.3) is 21.9 Å². The van der Waals surface area contributed by atoms with Crippen LogP contribution in [0, 0.1) is 0 Å². The Labute approximate surface area is 129 Å². The molecule has 0 spiro atoms. The molecule has 1 aromatic heterocycles. The van der Waals surface area contributed by atoms with Gasteiger partial charge in [-0.3, -0.25) is 0 Å². The van der Waals surface area contributed by atoms with Crippen molar-refractivity contribution in [2.24, 2.45) is 0 Å². The number of alkyl carbamates (subject to hydrolysis) is 1. The fourth-order valence-electron chi connectivity index (χ4n) is 2.59. The number of amides is 1. The minimum Gasteiger partial charge on any atom is -0.456 e. The third-order valence-electron chi connectivity index (χ3n) is 3.63. The van der Waals surface area contributed by atoms with Crippen molar-refractivity contribution in [1.29, 1.82) is 0 Å². The first-order chi connectivity index (χ1) is 10.8. The van der Waals surface area contributed by atoms with E-state index in [0.717, 1.165) is 34.8 Å². The Bertz CT molecular complexity index is 791. The van der Waals surface area contributed by atoms with Crippen molar-refractivity contribution in [3.63, 3.8) is 0 Å². The second-order valence-corrected chi connectivity index (χ2v) is 5.18. The molecule has 3 aromatic rings. The third-order valence-corrected chi connectivity index (χ3v) is 3.63. The van der Waals surface area contributed by atoms with E-state index in [1.54, 1.807) is 6.92 Å². The molecule has 0 fully saturated rings. The number of carbonyl (C=O) groups is 1. The lowest BCUT2D eigenvalue weighted by Gasteiger charge is -2.05. The van der Waals surface area contributed by atoms with Crippen molar-refractivity contribution in [3.05, 3.63) is 48.0 Å². The van der Waals surface area contributed by atoms with Crippen molar-refractivity contribution < 1.29 is 13.9 Å². The second-order valence-electron chi connectivity index (χ2n) is 5.18. The minimum atomic E-state index is -0.348. The first-order valence-corrected chi connectivity index (χ1v) is 7.58. The summed E-state index contributed by atoms with van der Waals surface area (Å²) < 4.78 is 10.6. The van der Waals surface area contributed by atoms with Crippen LogP contribution in [0.2, 0.25) is 0 Å². The Hall–Kier alpha value is -2.49. The summed E-state index contributed by atoms with van der Waals surface area (Å²) in [6.45, 7) is 2.81. The normalized spacial score (nSPS) is 11.0. The molecule has 22 heavy (non-hydrogen) atoms. The van der Waals surface area contributed by atoms with Gasteiger partial charge in [-0.1, -0.05) is 24.3 Å². The Morgan fingerprint density at radius 1 is 1.14 bits per heavy atom. The van der Waals surface area contributed by atoms with Gasteiger partial charge in [0.2, 0.25) is 0 Å². The summed E-state index contributed by atoms with van der Waals surface area (Å²) in [5, 5.41) is 5.02. The van der Waals surface area contributed by atoms with Crippen LogP contribution in [-0.2, 0) is 11.2 Å². The van der Waals surface area contributed by atoms with Crippen LogP contribution in [0.3, 0.4) is 0 Å². The summed E-state index contributed by atoms with van der Waals surface area (Å²) >= 11 is 0. The molecule has 0 atom stereocenters. The highest BCUT2D eigenvalue weighted by Crippen LogP contribution is 2.29. The van der Waals surface area contributed by atoms with E-state index in [4.69, 9.17) is 9.15 Å². The van der Waals surface area contributed by atoms with Gasteiger partial charge in [0.15, 0.2) is 0 Å². The first-order valence-electron chi connectivity index (χ1n) is 7.58. The molecule has 0 aliphatic rings. The maximum absolute atomic E-state index is 11.2. The topological polar surface area (TPSA) is 51.5 Å². The number of benzene rings is 2. The van der Waals surface area contributed by atoms with Crippen LogP contribution in [0.15, 0.2) is 46.9 Å². The van der Waals surface area contributed by atoms with E-state index in [0.29, 0.717) is 13.2 Å². The summed E-state index contributed by atoms with van der Waals surface area (Å²) in [5.74, 6) is 0. The molecular weight excluding hydrogens is 278 g/mol. The number of furan rings is 1. The maximum Gasteiger partial charge on any atom is 0.407 e. The Balaban J connectivity index is 1.67. The summed E-state index contributed by atoms with van der Waals surface area (Å²) in [6.07, 6.45) is 1.43. The van der Waals surface area contributed by atoms with Gasteiger partial charge in [0, 0.05) is 17.3 Å². The standard InChI is InChI=1S/C18H19NO3/c1-2-21-18(20)19-11-5-6-13-9-10-17-15(12-13)14-7-3-4-8-16(14)22-17/h3-4,7-10,12H,2,5-6,11H2,1H3,(H,19,20). The number of ether oxygens (including phenoxy) is 1. The van der Waals surface area contributed by atoms with Crippen LogP contribution in [0.5, 0.6) is 0 Å². The van der Waals surface area contributed by atoms with Crippen molar-refractivity contribution in [3.8, 4) is 0 Å². The lowest BCUT2D eigenvalue weighted by molar-refractivity contribution is 0.152. The highest BCUT2D eigenvalue weighted by atomic mass is 16.5. The number of hydrogen-bond donors (Lipinski definition) is 1. The summed E-state index contributed by atoms with van der Waals surface area (Å²) in [7, 11) is 0. The molecule has 1 amide bonds. The number of rotatable bonds is 5. The molecule has 0 radical (unpaired) electrons. The molecule has 2 aromatic carbocycles. The zero-order valence-electron chi connectivity index (χ0n) is 12.6. The van der Waals surface area contributed by atoms with Crippen LogP contribution in [-0.4, -0.2) is 19.2 Å². The molecule has 3 rings (SSSR count). The van der Waals surface area contributed by atoms with E-state index in [1.807, 2.05) is 24.3 Å². The maximum atomic E-state index is 11.2. The van der Waals surface area contributed by atoms with E-state index in [-0.39, 0.29) is 6.09 Å². The molecule has 1 heterocycles. The molecule has 4 nitrogen and oxygen atoms in total. The van der Waals surface area contributed by atoms with E-state index < -0.39 is 0 Å². The number of para-hydroxylation sites is 1. The Kier molecular flexibility index (Phi) is 4.28. The van der Waals surface area contributed by atoms with E-state index in [2.05, 4.69) is 23.5 Å². The molecular formula is C18H19NO3. The van der Waals surface area contributed by atoms with Crippen LogP contribution < -0.4 is 5.32 Å². The van der Waals surface area contributed by atoms with Crippen LogP contribution in [0.1, 0.15) is 18.9 Å². The largest absolute Gasteiger partial charge is 0.456 e. The quantitative estimate of drug-likeness (QED) is 0.716. The Morgan fingerprint density at radius 3 is 2.82 bits per heavy atom. The molecule has 114 valence electrons. The lowest BCUT2D eigenvalue weighted by atomic mass is 10.1. The van der Waals surface area contributed by atoms with Gasteiger partial charge in [0.05, 0.1) is 6.61 Å². The van der Waals surface area contributed by atoms with Gasteiger partial charge < -0.3 is 14.5 Å². The number of fused-ring (bicyclic) bond motifs is 3. The molecule has 0 saturated heterocycles. The highest BCUT2D eigenvalue weighted by Gasteiger charge is 2.07. The summed E-state index contributed by atoms with van der Waals surface area (Å²) in [4.78, 5) is 11.2. The number of carbonyl (C=O) groups excluding carboxylic acids is 1. The highest BCUT2D eigenvalue weighted by molar-refractivity contribution is 6.04. The molecule has 0 unspecified atom stereocenters. The molecule has 0 bridgehead atoms. The molecule has 0 aliphatic carbocycles. The lowest BCUT2D eigenvalue weighted by Crippen LogP contribution is -2.25. The van der Waals surface area contributed by atoms with E-state index in [9.17, 15) is 4.79 Å². The van der Waals surface area contributed by atoms with Gasteiger partial charge in [-0.2, -0.15) is 0 Å². The van der Waals surface area contributed by atoms with Crippen LogP contribution >= 0.6 is 0 Å². The van der Waals surface area contributed by atoms with Crippen molar-refractivity contribution in [2.45, 2.75) is 19.8 Å². The predicted octanol–water partition coefficient (Wildman–Crippen LogP) is 4.26. The van der Waals surface area contributed by atoms with Gasteiger partial charge in [-0.25, -0.2) is 4.79 Å². The zero-order valence-corrected chi connectivity index (χ0v) is 12.6. The van der Waals surface area contributed by atoms with Crippen molar-refractivity contribution in [2.75, 3.05) is 13.2 Å². The SMILES string of the molecule is CCOC(=O)NCCCc1ccc2oc3ccccc3c2c1. The van der Waals surface area contributed by atoms with Crippen molar-refractivity contribution >= 4 is 28.0 Å². The van der Waals surface area contributed by atoms with Gasteiger partial charge in [-0.15, -0.1) is 0 Å². The minimum absolute atomic E-state index is 0.348. The number of hydrogen-bond acceptors (Lipinski definition) is 3. The summed E-state index contributed by atoms with van der Waals surface area (Å²) in [5.41, 5.74) is 3.07. The number of nitrogens with one attached hydrogen (secondary N) is 1. The van der Waals surface area contributed by atoms with Gasteiger partial charge in [0.25, 0.3) is 0 Å². The average Bonchev–Trinajstić information content (AvgIpc) is 2.90. The number of aryl methyl sites for hydroxylation is 1. The average molecular weight is 297 g/mol. The molecule has 0 aliphatic heterocycles. The van der Waals surface area contributed by atoms with Gasteiger partial charge in [0.1, 0.15) is 11.2 Å². The Morgan fingerprint density at radius 2 is 1.95 bits per heavy atom. The molecule has 4 heteroatoms. The smallest absolute Gasteiger partial charge is 0.407 e. The second kappa shape index (κ2) is 6.52. The predicted molar refractivity (Wildman–Crippen MR) is 87.1 cm³/mol. The monoisotopic (exact) mass is 297 g/mol. The first kappa shape index (κ1) is 14.4. The van der Waals surface area contributed by atoms with E-state index >= 15 is 0 Å². The molecule has 0 saturated carbocycles. The fraction of sp³-hybridized carbons (Fsp3) is 0.278. The molecule has 1 N–H and O–H groups in total. The third kappa shape index (κ3) is 3.06. The van der Waals surface area contributed by atoms with Crippen LogP contribution in [0.4, 0.5) is 4.79 Å². The van der Waals surface area contributed by atoms with Gasteiger partial charge in [-0.05, 0) is 43.5 Å². The van der Waals surface area contributed by atoms with Gasteiger partial charge >= 0.3 is 6.09 Å². The summed E-state index contributed by atoms with van der Waals surface area (Å²) in [6, 6.07) is 14.3. The fourth-order valence-corrected chi connectivity index (χ4v) is 2.59. The van der Waals surface area contributed by atoms with Crippen molar-refractivity contribution in [1.82, 2.24) is 5.32 Å². The zero-order chi connectivity index (χ0) is 15.4.